The minimum atomic E-state index is -4.60. The Labute approximate surface area is 138 Å². The summed E-state index contributed by atoms with van der Waals surface area (Å²) in [6, 6.07) is 4.67. The van der Waals surface area contributed by atoms with Crippen LogP contribution in [-0.4, -0.2) is 25.3 Å². The van der Waals surface area contributed by atoms with Gasteiger partial charge in [-0.1, -0.05) is 11.6 Å². The van der Waals surface area contributed by atoms with Gasteiger partial charge in [0.15, 0.2) is 5.65 Å². The number of fused-ring (bicyclic) bond motifs is 3. The Balaban J connectivity index is 1.98. The van der Waals surface area contributed by atoms with Gasteiger partial charge in [-0.2, -0.15) is 13.2 Å². The van der Waals surface area contributed by atoms with Gasteiger partial charge in [-0.05, 0) is 37.0 Å². The molecule has 0 N–H and O–H groups in total. The first kappa shape index (κ1) is 15.0. The van der Waals surface area contributed by atoms with E-state index in [1.807, 2.05) is 0 Å². The molecule has 0 unspecified atom stereocenters. The van der Waals surface area contributed by atoms with E-state index in [-0.39, 0.29) is 11.2 Å². The van der Waals surface area contributed by atoms with Gasteiger partial charge in [-0.15, -0.1) is 22.0 Å². The lowest BCUT2D eigenvalue weighted by molar-refractivity contribution is -0.145. The number of alkyl halides is 3. The molecule has 1 aliphatic carbocycles. The molecule has 3 aromatic rings. The first-order valence-corrected chi connectivity index (χ1v) is 8.34. The molecule has 4 rings (SSSR count). The molecule has 1 fully saturated rings. The number of thioether (sulfide) groups is 1. The molecular weight excluding hydrogens is 349 g/mol. The lowest BCUT2D eigenvalue weighted by Crippen LogP contribution is -2.11. The molecule has 0 spiro atoms. The highest BCUT2D eigenvalue weighted by Gasteiger charge is 2.38. The van der Waals surface area contributed by atoms with Gasteiger partial charge in [-0.25, -0.2) is 4.98 Å². The predicted octanol–water partition coefficient (Wildman–Crippen LogP) is 4.45. The molecule has 2 aromatic heterocycles. The van der Waals surface area contributed by atoms with E-state index in [1.54, 1.807) is 12.1 Å². The molecule has 1 saturated carbocycles. The van der Waals surface area contributed by atoms with Crippen molar-refractivity contribution in [3.63, 3.8) is 0 Å². The molecule has 9 heteroatoms. The third kappa shape index (κ3) is 2.74. The normalized spacial score (nSPS) is 15.7. The van der Waals surface area contributed by atoms with Crippen molar-refractivity contribution in [2.45, 2.75) is 24.0 Å². The summed E-state index contributed by atoms with van der Waals surface area (Å²) in [5, 5.41) is 7.87. The fourth-order valence-electron chi connectivity index (χ4n) is 2.34. The van der Waals surface area contributed by atoms with Gasteiger partial charge in [0.25, 0.3) is 0 Å². The van der Waals surface area contributed by atoms with E-state index >= 15 is 0 Å². The maximum absolute atomic E-state index is 13.3. The molecule has 2 heterocycles. The summed E-state index contributed by atoms with van der Waals surface area (Å²) >= 11 is 7.36. The number of benzene rings is 1. The number of hydrogen-bond acceptors (Lipinski definition) is 4. The maximum Gasteiger partial charge on any atom is 0.452 e. The van der Waals surface area contributed by atoms with Crippen molar-refractivity contribution in [2.75, 3.05) is 5.75 Å². The van der Waals surface area contributed by atoms with Crippen molar-refractivity contribution in [2.24, 2.45) is 5.92 Å². The van der Waals surface area contributed by atoms with Gasteiger partial charge >= 0.3 is 6.18 Å². The van der Waals surface area contributed by atoms with Crippen molar-refractivity contribution in [3.8, 4) is 0 Å². The summed E-state index contributed by atoms with van der Waals surface area (Å²) in [6.45, 7) is 0. The average Bonchev–Trinajstić information content (AvgIpc) is 3.19. The third-order valence-electron chi connectivity index (χ3n) is 3.66. The second kappa shape index (κ2) is 5.24. The van der Waals surface area contributed by atoms with Crippen LogP contribution < -0.4 is 0 Å². The number of halogens is 4. The smallest absolute Gasteiger partial charge is 0.267 e. The molecule has 0 saturated heterocycles. The average molecular weight is 359 g/mol. The quantitative estimate of drug-likeness (QED) is 0.649. The van der Waals surface area contributed by atoms with E-state index in [1.165, 1.54) is 17.8 Å². The fraction of sp³-hybridized carbons (Fsp3) is 0.357. The van der Waals surface area contributed by atoms with Crippen molar-refractivity contribution in [3.05, 3.63) is 29.0 Å². The number of rotatable bonds is 3. The Morgan fingerprint density at radius 3 is 2.74 bits per heavy atom. The second-order valence-corrected chi connectivity index (χ2v) is 6.93. The van der Waals surface area contributed by atoms with Crippen LogP contribution in [0.5, 0.6) is 0 Å². The van der Waals surface area contributed by atoms with E-state index < -0.39 is 12.0 Å². The number of hydrogen-bond donors (Lipinski definition) is 0. The molecule has 0 radical (unpaired) electrons. The van der Waals surface area contributed by atoms with E-state index in [4.69, 9.17) is 11.6 Å². The van der Waals surface area contributed by atoms with Crippen LogP contribution in [0.15, 0.2) is 23.2 Å². The zero-order valence-corrected chi connectivity index (χ0v) is 13.2. The van der Waals surface area contributed by atoms with Crippen LogP contribution in [0.25, 0.3) is 16.7 Å². The zero-order valence-electron chi connectivity index (χ0n) is 11.6. The highest BCUT2D eigenvalue weighted by atomic mass is 35.5. The van der Waals surface area contributed by atoms with Crippen LogP contribution in [0.4, 0.5) is 13.2 Å². The fourth-order valence-corrected chi connectivity index (χ4v) is 3.66. The van der Waals surface area contributed by atoms with Gasteiger partial charge < -0.3 is 0 Å². The molecule has 0 amide bonds. The molecule has 1 aromatic carbocycles. The first-order valence-electron chi connectivity index (χ1n) is 6.98. The van der Waals surface area contributed by atoms with Crippen molar-refractivity contribution >= 4 is 40.0 Å². The lowest BCUT2D eigenvalue weighted by Gasteiger charge is -2.10. The van der Waals surface area contributed by atoms with Crippen molar-refractivity contribution < 1.29 is 13.2 Å². The van der Waals surface area contributed by atoms with Crippen molar-refractivity contribution in [1.29, 1.82) is 0 Å². The van der Waals surface area contributed by atoms with Gasteiger partial charge in [-0.3, -0.25) is 4.40 Å². The minimum Gasteiger partial charge on any atom is -0.267 e. The largest absolute Gasteiger partial charge is 0.452 e. The van der Waals surface area contributed by atoms with E-state index in [0.29, 0.717) is 21.5 Å². The SMILES string of the molecule is FC(F)(F)c1nnc2c(SCC3CC3)nc3ccc(Cl)cc3n12. The summed E-state index contributed by atoms with van der Waals surface area (Å²) in [7, 11) is 0. The van der Waals surface area contributed by atoms with Gasteiger partial charge in [0, 0.05) is 10.8 Å². The lowest BCUT2D eigenvalue weighted by atomic mass is 10.3. The predicted molar refractivity (Wildman–Crippen MR) is 81.7 cm³/mol. The van der Waals surface area contributed by atoms with Crippen LogP contribution >= 0.6 is 23.4 Å². The maximum atomic E-state index is 13.3. The Kier molecular flexibility index (Phi) is 3.42. The third-order valence-corrected chi connectivity index (χ3v) is 5.08. The Morgan fingerprint density at radius 1 is 1.26 bits per heavy atom. The second-order valence-electron chi connectivity index (χ2n) is 5.48. The Morgan fingerprint density at radius 2 is 2.04 bits per heavy atom. The highest BCUT2D eigenvalue weighted by molar-refractivity contribution is 7.99. The molecular formula is C14H10ClF3N4S. The van der Waals surface area contributed by atoms with Crippen LogP contribution in [0.3, 0.4) is 0 Å². The molecule has 0 atom stereocenters. The van der Waals surface area contributed by atoms with Crippen LogP contribution in [0, 0.1) is 5.92 Å². The minimum absolute atomic E-state index is 0.123. The molecule has 1 aliphatic rings. The topological polar surface area (TPSA) is 43.1 Å². The summed E-state index contributed by atoms with van der Waals surface area (Å²) in [4.78, 5) is 4.45. The number of aromatic nitrogens is 4. The summed E-state index contributed by atoms with van der Waals surface area (Å²) in [5.74, 6) is 0.388. The zero-order chi connectivity index (χ0) is 16.2. The van der Waals surface area contributed by atoms with E-state index in [9.17, 15) is 13.2 Å². The Hall–Kier alpha value is -1.54. The molecule has 23 heavy (non-hydrogen) atoms. The molecule has 120 valence electrons. The summed E-state index contributed by atoms with van der Waals surface area (Å²) in [5.41, 5.74) is 0.809. The van der Waals surface area contributed by atoms with Gasteiger partial charge in [0.1, 0.15) is 5.03 Å². The van der Waals surface area contributed by atoms with Crippen molar-refractivity contribution in [1.82, 2.24) is 19.6 Å². The van der Waals surface area contributed by atoms with Crippen LogP contribution in [0.1, 0.15) is 18.7 Å². The van der Waals surface area contributed by atoms with E-state index in [0.717, 1.165) is 23.0 Å². The van der Waals surface area contributed by atoms with Crippen LogP contribution in [-0.2, 0) is 6.18 Å². The Bertz CT molecular complexity index is 904. The summed E-state index contributed by atoms with van der Waals surface area (Å²) in [6.07, 6.45) is -2.28. The van der Waals surface area contributed by atoms with Gasteiger partial charge in [0.2, 0.25) is 5.82 Å². The first-order chi connectivity index (χ1) is 10.9. The monoisotopic (exact) mass is 358 g/mol. The molecule has 0 bridgehead atoms. The standard InChI is InChI=1S/C14H10ClF3N4S/c15-8-3-4-9-10(5-8)22-11(20-21-13(22)14(16,17)18)12(19-9)23-6-7-1-2-7/h3-5,7H,1-2,6H2. The molecule has 4 nitrogen and oxygen atoms in total. The van der Waals surface area contributed by atoms with Gasteiger partial charge in [0.05, 0.1) is 11.0 Å². The highest BCUT2D eigenvalue weighted by Crippen LogP contribution is 2.37. The summed E-state index contributed by atoms with van der Waals surface area (Å²) < 4.78 is 40.8. The van der Waals surface area contributed by atoms with E-state index in [2.05, 4.69) is 15.2 Å². The van der Waals surface area contributed by atoms with Crippen LogP contribution in [0.2, 0.25) is 5.02 Å². The molecule has 0 aliphatic heterocycles. The number of nitrogens with zero attached hydrogens (tertiary/aromatic N) is 4.